The highest BCUT2D eigenvalue weighted by Gasteiger charge is 2.41. The maximum absolute atomic E-state index is 12.4. The topological polar surface area (TPSA) is 65.2 Å². The van der Waals surface area contributed by atoms with Crippen LogP contribution >= 0.6 is 0 Å². The van der Waals surface area contributed by atoms with Crippen LogP contribution in [0.3, 0.4) is 0 Å². The predicted octanol–water partition coefficient (Wildman–Crippen LogP) is 2.26. The fourth-order valence-corrected chi connectivity index (χ4v) is 1.08. The molecule has 0 aliphatic carbocycles. The zero-order valence-electron chi connectivity index (χ0n) is 7.81. The van der Waals surface area contributed by atoms with Crippen molar-refractivity contribution < 1.29 is 23.6 Å². The van der Waals surface area contributed by atoms with Crippen LogP contribution in [-0.4, -0.2) is 28.0 Å². The molecule has 0 atom stereocenters. The van der Waals surface area contributed by atoms with Crippen LogP contribution in [0.4, 0.5) is 13.2 Å². The van der Waals surface area contributed by atoms with Gasteiger partial charge in [-0.05, 0) is 0 Å². The van der Waals surface area contributed by atoms with Gasteiger partial charge >= 0.3 is 6.18 Å². The second-order valence-corrected chi connectivity index (χ2v) is 2.76. The zero-order valence-corrected chi connectivity index (χ0v) is 7.81. The van der Waals surface area contributed by atoms with Gasteiger partial charge in [-0.25, -0.2) is 0 Å². The van der Waals surface area contributed by atoms with Crippen LogP contribution < -0.4 is 0 Å². The third kappa shape index (κ3) is 2.50. The van der Waals surface area contributed by atoms with Crippen molar-refractivity contribution in [1.29, 1.82) is 0 Å². The van der Waals surface area contributed by atoms with Gasteiger partial charge in [-0.3, -0.25) is 0 Å². The molecule has 0 aromatic heterocycles. The highest BCUT2D eigenvalue weighted by molar-refractivity contribution is 6.49. The maximum atomic E-state index is 12.4. The van der Waals surface area contributed by atoms with Gasteiger partial charge in [0.2, 0.25) is 5.71 Å². The van der Waals surface area contributed by atoms with Crippen LogP contribution in [0.25, 0.3) is 0 Å². The van der Waals surface area contributed by atoms with Crippen LogP contribution in [0.15, 0.2) is 40.6 Å². The highest BCUT2D eigenvalue weighted by atomic mass is 19.4. The molecule has 16 heavy (non-hydrogen) atoms. The minimum atomic E-state index is -4.90. The van der Waals surface area contributed by atoms with Crippen molar-refractivity contribution in [3.63, 3.8) is 0 Å². The minimum absolute atomic E-state index is 0.00451. The van der Waals surface area contributed by atoms with Gasteiger partial charge in [0.15, 0.2) is 0 Å². The van der Waals surface area contributed by atoms with E-state index in [0.717, 1.165) is 0 Å². The summed E-state index contributed by atoms with van der Waals surface area (Å²) in [4.78, 5) is 0. The Morgan fingerprint density at radius 2 is 1.56 bits per heavy atom. The molecule has 0 unspecified atom stereocenters. The molecule has 0 bridgehead atoms. The lowest BCUT2D eigenvalue weighted by Crippen LogP contribution is -2.32. The summed E-state index contributed by atoms with van der Waals surface area (Å²) in [6.07, 6.45) is -4.90. The van der Waals surface area contributed by atoms with Crippen LogP contribution in [-0.2, 0) is 0 Å². The van der Waals surface area contributed by atoms with E-state index in [2.05, 4.69) is 10.3 Å². The van der Waals surface area contributed by atoms with Crippen molar-refractivity contribution >= 4 is 11.4 Å². The number of oxime groups is 2. The summed E-state index contributed by atoms with van der Waals surface area (Å²) in [6.45, 7) is 0. The molecule has 1 rings (SSSR count). The van der Waals surface area contributed by atoms with E-state index in [9.17, 15) is 13.2 Å². The highest BCUT2D eigenvalue weighted by Crippen LogP contribution is 2.20. The number of nitrogens with zero attached hydrogens (tertiary/aromatic N) is 2. The SMILES string of the molecule is ON=C(C(=NO)C(F)(F)F)c1ccccc1. The van der Waals surface area contributed by atoms with Gasteiger partial charge in [0.25, 0.3) is 0 Å². The molecule has 0 heterocycles. The van der Waals surface area contributed by atoms with Gasteiger partial charge in [0.1, 0.15) is 5.71 Å². The fourth-order valence-electron chi connectivity index (χ4n) is 1.08. The number of hydrogen-bond acceptors (Lipinski definition) is 4. The normalized spacial score (nSPS) is 13.9. The molecule has 0 aliphatic rings. The molecular weight excluding hydrogens is 225 g/mol. The van der Waals surface area contributed by atoms with Crippen molar-refractivity contribution in [2.45, 2.75) is 6.18 Å². The molecule has 86 valence electrons. The quantitative estimate of drug-likeness (QED) is 0.466. The molecular formula is C9H7F3N2O2. The Morgan fingerprint density at radius 1 is 1.00 bits per heavy atom. The van der Waals surface area contributed by atoms with Crippen LogP contribution in [0.5, 0.6) is 0 Å². The first kappa shape index (κ1) is 12.0. The number of halogens is 3. The van der Waals surface area contributed by atoms with E-state index in [1.54, 1.807) is 6.07 Å². The second-order valence-electron chi connectivity index (χ2n) is 2.76. The molecule has 4 nitrogen and oxygen atoms in total. The van der Waals surface area contributed by atoms with Crippen molar-refractivity contribution in [2.24, 2.45) is 10.3 Å². The first-order chi connectivity index (χ1) is 7.50. The summed E-state index contributed by atoms with van der Waals surface area (Å²) in [5.41, 5.74) is -2.49. The summed E-state index contributed by atoms with van der Waals surface area (Å²) in [7, 11) is 0. The van der Waals surface area contributed by atoms with Gasteiger partial charge in [-0.1, -0.05) is 40.6 Å². The summed E-state index contributed by atoms with van der Waals surface area (Å²) >= 11 is 0. The fraction of sp³-hybridized carbons (Fsp3) is 0.111. The molecule has 0 aliphatic heterocycles. The average molecular weight is 232 g/mol. The van der Waals surface area contributed by atoms with E-state index < -0.39 is 17.6 Å². The largest absolute Gasteiger partial charge is 0.438 e. The van der Waals surface area contributed by atoms with Gasteiger partial charge in [0.05, 0.1) is 0 Å². The van der Waals surface area contributed by atoms with Crippen LogP contribution in [0.2, 0.25) is 0 Å². The first-order valence-corrected chi connectivity index (χ1v) is 4.07. The lowest BCUT2D eigenvalue weighted by atomic mass is 10.1. The molecule has 0 spiro atoms. The Hall–Kier alpha value is -2.05. The van der Waals surface area contributed by atoms with E-state index in [-0.39, 0.29) is 5.56 Å². The van der Waals surface area contributed by atoms with Crippen LogP contribution in [0.1, 0.15) is 5.56 Å². The summed E-state index contributed by atoms with van der Waals surface area (Å²) in [6, 6.07) is 7.11. The van der Waals surface area contributed by atoms with Gasteiger partial charge < -0.3 is 10.4 Å². The number of benzene rings is 1. The lowest BCUT2D eigenvalue weighted by Gasteiger charge is -2.09. The molecule has 2 N–H and O–H groups in total. The Kier molecular flexibility index (Phi) is 3.49. The minimum Gasteiger partial charge on any atom is -0.410 e. The zero-order chi connectivity index (χ0) is 12.2. The first-order valence-electron chi connectivity index (χ1n) is 4.07. The van der Waals surface area contributed by atoms with E-state index in [0.29, 0.717) is 0 Å². The number of rotatable bonds is 2. The molecule has 7 heteroatoms. The summed E-state index contributed by atoms with van der Waals surface area (Å²) in [5, 5.41) is 21.5. The average Bonchev–Trinajstić information content (AvgIpc) is 2.25. The van der Waals surface area contributed by atoms with Crippen molar-refractivity contribution in [3.05, 3.63) is 35.9 Å². The third-order valence-corrected chi connectivity index (χ3v) is 1.74. The molecule has 0 saturated carbocycles. The predicted molar refractivity (Wildman–Crippen MR) is 50.0 cm³/mol. The van der Waals surface area contributed by atoms with E-state index >= 15 is 0 Å². The van der Waals surface area contributed by atoms with E-state index in [4.69, 9.17) is 10.4 Å². The Morgan fingerprint density at radius 3 is 1.94 bits per heavy atom. The Balaban J connectivity index is 3.20. The lowest BCUT2D eigenvalue weighted by molar-refractivity contribution is -0.0587. The van der Waals surface area contributed by atoms with Gasteiger partial charge in [-0.15, -0.1) is 0 Å². The van der Waals surface area contributed by atoms with Crippen LogP contribution in [0, 0.1) is 0 Å². The smallest absolute Gasteiger partial charge is 0.410 e. The maximum Gasteiger partial charge on any atom is 0.438 e. The molecule has 0 saturated heterocycles. The van der Waals surface area contributed by atoms with Gasteiger partial charge in [0, 0.05) is 5.56 Å². The third-order valence-electron chi connectivity index (χ3n) is 1.74. The number of alkyl halides is 3. The summed E-state index contributed by atoms with van der Waals surface area (Å²) in [5.74, 6) is 0. The van der Waals surface area contributed by atoms with E-state index in [1.807, 2.05) is 0 Å². The molecule has 0 radical (unpaired) electrons. The van der Waals surface area contributed by atoms with E-state index in [1.165, 1.54) is 24.3 Å². The molecule has 1 aromatic carbocycles. The second kappa shape index (κ2) is 4.65. The number of hydrogen-bond donors (Lipinski definition) is 2. The van der Waals surface area contributed by atoms with Crippen molar-refractivity contribution in [2.75, 3.05) is 0 Å². The van der Waals surface area contributed by atoms with Gasteiger partial charge in [-0.2, -0.15) is 13.2 Å². The Labute approximate surface area is 88.3 Å². The summed E-state index contributed by atoms with van der Waals surface area (Å²) < 4.78 is 37.1. The Bertz CT molecular complexity index is 413. The molecule has 0 fully saturated rings. The molecule has 0 amide bonds. The standard InChI is InChI=1S/C9H7F3N2O2/c10-9(11,12)8(14-16)7(13-15)6-4-2-1-3-5-6/h1-5,15-16H. The molecule has 1 aromatic rings. The van der Waals surface area contributed by atoms with Crippen molar-refractivity contribution in [1.82, 2.24) is 0 Å². The van der Waals surface area contributed by atoms with Crippen molar-refractivity contribution in [3.8, 4) is 0 Å². The monoisotopic (exact) mass is 232 g/mol.